The molecule has 2 aromatic rings. The minimum absolute atomic E-state index is 0.374. The molecular formula is C46H78N2O. The highest BCUT2D eigenvalue weighted by molar-refractivity contribution is 5.47. The summed E-state index contributed by atoms with van der Waals surface area (Å²) in [5.41, 5.74) is 5.78. The Bertz CT molecular complexity index is 1040. The fourth-order valence-corrected chi connectivity index (χ4v) is 6.81. The first-order valence-corrected chi connectivity index (χ1v) is 19.6. The molecule has 0 spiro atoms. The van der Waals surface area contributed by atoms with Crippen LogP contribution in [0.5, 0.6) is 0 Å². The van der Waals surface area contributed by atoms with Gasteiger partial charge in [-0.1, -0.05) is 154 Å². The number of hydrogen-bond donors (Lipinski definition) is 0. The summed E-state index contributed by atoms with van der Waals surface area (Å²) in [6, 6.07) is 19.4. The summed E-state index contributed by atoms with van der Waals surface area (Å²) in [6.45, 7) is 37.4. The lowest BCUT2D eigenvalue weighted by Gasteiger charge is -2.31. The molecule has 1 aliphatic carbocycles. The van der Waals surface area contributed by atoms with E-state index >= 15 is 0 Å². The lowest BCUT2D eigenvalue weighted by Crippen LogP contribution is -2.28. The van der Waals surface area contributed by atoms with Crippen LogP contribution < -0.4 is 0 Å². The lowest BCUT2D eigenvalue weighted by atomic mass is 9.78. The van der Waals surface area contributed by atoms with Crippen LogP contribution in [0.4, 0.5) is 0 Å². The van der Waals surface area contributed by atoms with Crippen molar-refractivity contribution >= 4 is 6.41 Å². The number of hydrogen-bond acceptors (Lipinski definition) is 2. The average molecular weight is 675 g/mol. The zero-order valence-corrected chi connectivity index (χ0v) is 33.6. The molecular weight excluding hydrogens is 597 g/mol. The Balaban J connectivity index is 0. The van der Waals surface area contributed by atoms with Crippen LogP contribution in [0.3, 0.4) is 0 Å². The van der Waals surface area contributed by atoms with Gasteiger partial charge in [-0.3, -0.25) is 4.79 Å². The predicted molar refractivity (Wildman–Crippen MR) is 221 cm³/mol. The van der Waals surface area contributed by atoms with E-state index < -0.39 is 0 Å². The number of benzene rings is 2. The molecule has 1 heterocycles. The number of amides is 1. The molecule has 4 rings (SSSR count). The van der Waals surface area contributed by atoms with Crippen LogP contribution in [0.25, 0.3) is 0 Å². The van der Waals surface area contributed by atoms with Crippen LogP contribution in [-0.2, 0) is 11.3 Å². The van der Waals surface area contributed by atoms with Gasteiger partial charge >= 0.3 is 0 Å². The van der Waals surface area contributed by atoms with E-state index in [2.05, 4.69) is 120 Å². The molecule has 2 atom stereocenters. The Morgan fingerprint density at radius 2 is 1.43 bits per heavy atom. The third kappa shape index (κ3) is 19.6. The molecule has 0 N–H and O–H groups in total. The van der Waals surface area contributed by atoms with E-state index in [1.54, 1.807) is 0 Å². The number of carbonyl (C=O) groups is 1. The van der Waals surface area contributed by atoms with Gasteiger partial charge < -0.3 is 9.80 Å². The fraction of sp³-hybridized carbons (Fsp3) is 0.587. The van der Waals surface area contributed by atoms with Gasteiger partial charge in [0.1, 0.15) is 0 Å². The van der Waals surface area contributed by atoms with Gasteiger partial charge in [-0.05, 0) is 67.9 Å². The van der Waals surface area contributed by atoms with Gasteiger partial charge in [-0.15, -0.1) is 26.3 Å². The SMILES string of the molecule is C=C.C=C.C=C(C1CCCCC1)N1CCC(c2ccccc2)C1.CC.CC.CCCCC(C)(CCC)CCN(C=O)Cc1ccc(C)cc1. The molecule has 0 aromatic heterocycles. The van der Waals surface area contributed by atoms with Crippen molar-refractivity contribution in [3.05, 3.63) is 110 Å². The highest BCUT2D eigenvalue weighted by Crippen LogP contribution is 2.36. The Hall–Kier alpha value is -3.07. The van der Waals surface area contributed by atoms with Crippen LogP contribution in [0.15, 0.2) is 93.2 Å². The standard InChI is InChI=1S/C20H33NO.C18H25N.2C2H6.2C2H4/c1-5-7-13-20(4,12-6-2)14-15-21(17-22)16-19-10-8-18(3)9-11-19;1-15(16-8-4-2-5-9-16)19-13-12-18(14-19)17-10-6-3-7-11-17;4*1-2/h8-11,17H,5-7,12-16H2,1-4H3;3,6-7,10-11,16,18H,1-2,4-5,8-9,12-14H2;2*1-2H3;2*1-2H2. The van der Waals surface area contributed by atoms with E-state index in [-0.39, 0.29) is 0 Å². The van der Waals surface area contributed by atoms with Crippen LogP contribution >= 0.6 is 0 Å². The molecule has 2 fully saturated rings. The van der Waals surface area contributed by atoms with Gasteiger partial charge in [-0.25, -0.2) is 0 Å². The van der Waals surface area contributed by atoms with E-state index in [1.165, 1.54) is 106 Å². The summed E-state index contributed by atoms with van der Waals surface area (Å²) in [7, 11) is 0. The molecule has 0 radical (unpaired) electrons. The third-order valence-corrected chi connectivity index (χ3v) is 9.59. The Morgan fingerprint density at radius 3 is 1.96 bits per heavy atom. The molecule has 3 heteroatoms. The van der Waals surface area contributed by atoms with Crippen LogP contribution in [0.2, 0.25) is 0 Å². The average Bonchev–Trinajstić information content (AvgIpc) is 3.68. The first kappa shape index (κ1) is 48.0. The summed E-state index contributed by atoms with van der Waals surface area (Å²) in [5, 5.41) is 0. The summed E-state index contributed by atoms with van der Waals surface area (Å²) >= 11 is 0. The summed E-state index contributed by atoms with van der Waals surface area (Å²) < 4.78 is 0. The topological polar surface area (TPSA) is 23.6 Å². The molecule has 1 saturated heterocycles. The highest BCUT2D eigenvalue weighted by Gasteiger charge is 2.28. The monoisotopic (exact) mass is 675 g/mol. The van der Waals surface area contributed by atoms with Gasteiger partial charge in [0.05, 0.1) is 0 Å². The van der Waals surface area contributed by atoms with Crippen molar-refractivity contribution in [3.63, 3.8) is 0 Å². The van der Waals surface area contributed by atoms with E-state index in [9.17, 15) is 4.79 Å². The summed E-state index contributed by atoms with van der Waals surface area (Å²) in [5.74, 6) is 1.48. The Kier molecular flexibility index (Phi) is 30.3. The number of aryl methyl sites for hydroxylation is 1. The largest absolute Gasteiger partial charge is 0.374 e. The molecule has 1 aliphatic heterocycles. The number of unbranched alkanes of at least 4 members (excludes halogenated alkanes) is 1. The van der Waals surface area contributed by atoms with Gasteiger partial charge in [0.15, 0.2) is 0 Å². The smallest absolute Gasteiger partial charge is 0.210 e. The molecule has 3 nitrogen and oxygen atoms in total. The lowest BCUT2D eigenvalue weighted by molar-refractivity contribution is -0.119. The predicted octanol–water partition coefficient (Wildman–Crippen LogP) is 13.6. The van der Waals surface area contributed by atoms with Crippen molar-refractivity contribution in [1.82, 2.24) is 9.80 Å². The Morgan fingerprint density at radius 1 is 0.837 bits per heavy atom. The summed E-state index contributed by atoms with van der Waals surface area (Å²) in [4.78, 5) is 15.9. The third-order valence-electron chi connectivity index (χ3n) is 9.59. The molecule has 2 aliphatic rings. The first-order chi connectivity index (χ1) is 23.9. The normalized spacial score (nSPS) is 16.1. The molecule has 1 amide bonds. The Labute approximate surface area is 306 Å². The maximum absolute atomic E-state index is 11.4. The fourth-order valence-electron chi connectivity index (χ4n) is 6.81. The maximum atomic E-state index is 11.4. The van der Waals surface area contributed by atoms with Crippen LogP contribution in [0.1, 0.15) is 148 Å². The number of likely N-dealkylation sites (tertiary alicyclic amines) is 1. The second-order valence-corrected chi connectivity index (χ2v) is 13.1. The number of allylic oxidation sites excluding steroid dienone is 1. The first-order valence-electron chi connectivity index (χ1n) is 19.6. The van der Waals surface area contributed by atoms with Crippen molar-refractivity contribution in [1.29, 1.82) is 0 Å². The van der Waals surface area contributed by atoms with E-state index in [4.69, 9.17) is 0 Å². The van der Waals surface area contributed by atoms with Crippen molar-refractivity contribution in [2.45, 2.75) is 145 Å². The second kappa shape index (κ2) is 30.9. The minimum Gasteiger partial charge on any atom is -0.374 e. The minimum atomic E-state index is 0.374. The molecule has 2 unspecified atom stereocenters. The highest BCUT2D eigenvalue weighted by atomic mass is 16.1. The van der Waals surface area contributed by atoms with Crippen molar-refractivity contribution in [3.8, 4) is 0 Å². The molecule has 2 aromatic carbocycles. The summed E-state index contributed by atoms with van der Waals surface area (Å²) in [6.07, 6.45) is 16.6. The van der Waals surface area contributed by atoms with Gasteiger partial charge in [-0.2, -0.15) is 0 Å². The molecule has 278 valence electrons. The molecule has 0 bridgehead atoms. The quantitative estimate of drug-likeness (QED) is 0.147. The van der Waals surface area contributed by atoms with Gasteiger partial charge in [0.2, 0.25) is 6.41 Å². The van der Waals surface area contributed by atoms with E-state index in [0.717, 1.165) is 31.8 Å². The van der Waals surface area contributed by atoms with E-state index in [1.807, 2.05) is 32.6 Å². The van der Waals surface area contributed by atoms with Crippen LogP contribution in [-0.4, -0.2) is 35.8 Å². The molecule has 1 saturated carbocycles. The zero-order valence-electron chi connectivity index (χ0n) is 33.6. The number of carbonyl (C=O) groups excluding carboxylic acids is 1. The van der Waals surface area contributed by atoms with Gasteiger partial charge in [0.25, 0.3) is 0 Å². The second-order valence-electron chi connectivity index (χ2n) is 13.1. The van der Waals surface area contributed by atoms with E-state index in [0.29, 0.717) is 11.3 Å². The number of rotatable bonds is 14. The van der Waals surface area contributed by atoms with Gasteiger partial charge in [0, 0.05) is 37.8 Å². The maximum Gasteiger partial charge on any atom is 0.210 e. The number of nitrogens with zero attached hydrogens (tertiary/aromatic N) is 2. The van der Waals surface area contributed by atoms with Crippen molar-refractivity contribution < 1.29 is 4.79 Å². The van der Waals surface area contributed by atoms with Crippen LogP contribution in [0, 0.1) is 18.3 Å². The molecule has 49 heavy (non-hydrogen) atoms. The zero-order chi connectivity index (χ0) is 37.5. The van der Waals surface area contributed by atoms with Crippen molar-refractivity contribution in [2.24, 2.45) is 11.3 Å². The van der Waals surface area contributed by atoms with Crippen molar-refractivity contribution in [2.75, 3.05) is 19.6 Å².